The van der Waals surface area contributed by atoms with Gasteiger partial charge in [-0.05, 0) is 66.0 Å². The minimum absolute atomic E-state index is 0.570. The molecule has 2 saturated carbocycles. The normalized spacial score (nSPS) is 30.5. The summed E-state index contributed by atoms with van der Waals surface area (Å²) < 4.78 is 1.49. The first-order valence-corrected chi connectivity index (χ1v) is 8.44. The van der Waals surface area contributed by atoms with Crippen molar-refractivity contribution in [2.24, 2.45) is 17.8 Å². The third kappa shape index (κ3) is 2.02. The zero-order valence-electron chi connectivity index (χ0n) is 11.4. The van der Waals surface area contributed by atoms with Gasteiger partial charge in [0.2, 0.25) is 0 Å². The fourth-order valence-corrected chi connectivity index (χ4v) is 5.00. The summed E-state index contributed by atoms with van der Waals surface area (Å²) in [5.41, 5.74) is 1.54. The van der Waals surface area contributed by atoms with Crippen molar-refractivity contribution in [3.63, 3.8) is 0 Å². The van der Waals surface area contributed by atoms with Crippen molar-refractivity contribution in [3.05, 3.63) is 35.2 Å². The first kappa shape index (κ1) is 11.9. The van der Waals surface area contributed by atoms with Crippen LogP contribution in [0.5, 0.6) is 0 Å². The Morgan fingerprint density at radius 3 is 2.84 bits per heavy atom. The molecule has 3 atom stereocenters. The van der Waals surface area contributed by atoms with Crippen molar-refractivity contribution in [3.8, 4) is 0 Å². The molecule has 1 nitrogen and oxygen atoms in total. The molecule has 2 aliphatic rings. The number of hydrogen-bond acceptors (Lipinski definition) is 2. The molecular weight excluding hydrogens is 250 g/mol. The van der Waals surface area contributed by atoms with Crippen LogP contribution in [0.15, 0.2) is 29.6 Å². The summed E-state index contributed by atoms with van der Waals surface area (Å²) in [6, 6.07) is 9.63. The zero-order valence-corrected chi connectivity index (χ0v) is 12.2. The average Bonchev–Trinajstić information content (AvgIpc) is 2.88. The lowest BCUT2D eigenvalue weighted by molar-refractivity contribution is 0.349. The van der Waals surface area contributed by atoms with Crippen molar-refractivity contribution in [2.45, 2.75) is 32.2 Å². The predicted molar refractivity (Wildman–Crippen MR) is 82.6 cm³/mol. The number of nitrogens with one attached hydrogen (secondary N) is 1. The fraction of sp³-hybridized carbons (Fsp3) is 0.529. The van der Waals surface area contributed by atoms with E-state index in [2.05, 4.69) is 41.9 Å². The quantitative estimate of drug-likeness (QED) is 0.857. The van der Waals surface area contributed by atoms with Gasteiger partial charge in [0.25, 0.3) is 0 Å². The maximum absolute atomic E-state index is 3.77. The summed E-state index contributed by atoms with van der Waals surface area (Å²) in [6.45, 7) is 3.30. The topological polar surface area (TPSA) is 12.0 Å². The molecule has 0 saturated heterocycles. The van der Waals surface area contributed by atoms with Gasteiger partial charge in [0.1, 0.15) is 0 Å². The second-order valence-corrected chi connectivity index (χ2v) is 7.13. The molecule has 19 heavy (non-hydrogen) atoms. The fourth-order valence-electron chi connectivity index (χ4n) is 4.05. The number of benzene rings is 1. The largest absolute Gasteiger partial charge is 0.310 e. The second kappa shape index (κ2) is 4.60. The van der Waals surface area contributed by atoms with Gasteiger partial charge in [-0.15, -0.1) is 11.3 Å². The Labute approximate surface area is 119 Å². The van der Waals surface area contributed by atoms with Gasteiger partial charge < -0.3 is 5.32 Å². The van der Waals surface area contributed by atoms with E-state index >= 15 is 0 Å². The average molecular weight is 271 g/mol. The highest BCUT2D eigenvalue weighted by Gasteiger charge is 2.48. The lowest BCUT2D eigenvalue weighted by atomic mass is 9.88. The van der Waals surface area contributed by atoms with Gasteiger partial charge >= 0.3 is 0 Å². The highest BCUT2D eigenvalue weighted by atomic mass is 32.1. The number of rotatable bonds is 4. The van der Waals surface area contributed by atoms with E-state index in [1.807, 2.05) is 11.3 Å². The molecule has 2 heteroatoms. The summed E-state index contributed by atoms with van der Waals surface area (Å²) in [7, 11) is 0. The van der Waals surface area contributed by atoms with Gasteiger partial charge in [0.05, 0.1) is 0 Å². The van der Waals surface area contributed by atoms with E-state index in [1.54, 1.807) is 5.56 Å². The van der Waals surface area contributed by atoms with E-state index in [-0.39, 0.29) is 0 Å². The Balaban J connectivity index is 1.71. The summed E-state index contributed by atoms with van der Waals surface area (Å²) in [5, 5.41) is 7.41. The lowest BCUT2D eigenvalue weighted by Gasteiger charge is -2.26. The number of thiophene rings is 1. The smallest absolute Gasteiger partial charge is 0.0390 e. The first-order valence-electron chi connectivity index (χ1n) is 7.56. The molecule has 1 N–H and O–H groups in total. The van der Waals surface area contributed by atoms with E-state index in [4.69, 9.17) is 0 Å². The van der Waals surface area contributed by atoms with E-state index in [1.165, 1.54) is 29.3 Å². The monoisotopic (exact) mass is 271 g/mol. The van der Waals surface area contributed by atoms with Crippen molar-refractivity contribution in [1.29, 1.82) is 0 Å². The van der Waals surface area contributed by atoms with Gasteiger partial charge in [0, 0.05) is 10.7 Å². The van der Waals surface area contributed by atoms with E-state index in [0.717, 1.165) is 24.3 Å². The van der Waals surface area contributed by atoms with E-state index < -0.39 is 0 Å². The van der Waals surface area contributed by atoms with Crippen LogP contribution in [0.4, 0.5) is 0 Å². The Kier molecular flexibility index (Phi) is 2.89. The van der Waals surface area contributed by atoms with Gasteiger partial charge in [0.15, 0.2) is 0 Å². The Morgan fingerprint density at radius 1 is 1.21 bits per heavy atom. The third-order valence-corrected chi connectivity index (χ3v) is 6.00. The number of fused-ring (bicyclic) bond motifs is 2. The highest BCUT2D eigenvalue weighted by Crippen LogP contribution is 2.57. The lowest BCUT2D eigenvalue weighted by Crippen LogP contribution is -2.27. The van der Waals surface area contributed by atoms with Crippen molar-refractivity contribution >= 4 is 21.4 Å². The molecule has 1 heterocycles. The van der Waals surface area contributed by atoms with Crippen LogP contribution in [0.2, 0.25) is 0 Å². The van der Waals surface area contributed by atoms with Crippen LogP contribution in [-0.4, -0.2) is 6.54 Å². The maximum Gasteiger partial charge on any atom is 0.0390 e. The van der Waals surface area contributed by atoms with Crippen LogP contribution in [0.25, 0.3) is 10.1 Å². The second-order valence-electron chi connectivity index (χ2n) is 6.21. The van der Waals surface area contributed by atoms with Crippen LogP contribution in [0, 0.1) is 17.8 Å². The van der Waals surface area contributed by atoms with E-state index in [9.17, 15) is 0 Å². The molecule has 100 valence electrons. The van der Waals surface area contributed by atoms with Crippen molar-refractivity contribution < 1.29 is 0 Å². The molecule has 2 fully saturated rings. The zero-order chi connectivity index (χ0) is 12.8. The Hall–Kier alpha value is -0.860. The standard InChI is InChI=1S/C17H21NS/c1-2-18-16(14-9-12-8-13(12)10-14)15-5-3-4-11-6-7-19-17(11)15/h3-7,12-14,16,18H,2,8-10H2,1H3. The van der Waals surface area contributed by atoms with Crippen LogP contribution < -0.4 is 5.32 Å². The van der Waals surface area contributed by atoms with Crippen molar-refractivity contribution in [1.82, 2.24) is 5.32 Å². The molecule has 1 aromatic heterocycles. The van der Waals surface area contributed by atoms with Crippen LogP contribution in [0.3, 0.4) is 0 Å². The molecule has 4 rings (SSSR count). The Morgan fingerprint density at radius 2 is 2.05 bits per heavy atom. The highest BCUT2D eigenvalue weighted by molar-refractivity contribution is 7.17. The molecule has 2 aliphatic carbocycles. The predicted octanol–water partition coefficient (Wildman–Crippen LogP) is 4.60. The van der Waals surface area contributed by atoms with Crippen molar-refractivity contribution in [2.75, 3.05) is 6.54 Å². The SMILES string of the molecule is CCNC(c1cccc2ccsc12)C1CC2CC2C1. The van der Waals surface area contributed by atoms with E-state index in [0.29, 0.717) is 6.04 Å². The van der Waals surface area contributed by atoms with Gasteiger partial charge in [-0.25, -0.2) is 0 Å². The van der Waals surface area contributed by atoms with Gasteiger partial charge in [-0.1, -0.05) is 25.1 Å². The van der Waals surface area contributed by atoms with Crippen LogP contribution in [-0.2, 0) is 0 Å². The summed E-state index contributed by atoms with van der Waals surface area (Å²) in [4.78, 5) is 0. The molecule has 0 aliphatic heterocycles. The van der Waals surface area contributed by atoms with Crippen LogP contribution >= 0.6 is 11.3 Å². The minimum Gasteiger partial charge on any atom is -0.310 e. The molecule has 0 spiro atoms. The van der Waals surface area contributed by atoms with Gasteiger partial charge in [-0.3, -0.25) is 0 Å². The number of hydrogen-bond donors (Lipinski definition) is 1. The molecule has 0 amide bonds. The third-order valence-electron chi connectivity index (χ3n) is 5.02. The summed E-state index contributed by atoms with van der Waals surface area (Å²) in [6.07, 6.45) is 4.41. The molecule has 2 aromatic rings. The first-order chi connectivity index (χ1) is 9.36. The molecular formula is C17H21NS. The summed E-state index contributed by atoms with van der Waals surface area (Å²) >= 11 is 1.90. The maximum atomic E-state index is 3.77. The summed E-state index contributed by atoms with van der Waals surface area (Å²) in [5.74, 6) is 2.98. The molecule has 1 aromatic carbocycles. The Bertz CT molecular complexity index is 578. The molecule has 0 radical (unpaired) electrons. The molecule has 0 bridgehead atoms. The minimum atomic E-state index is 0.570. The van der Waals surface area contributed by atoms with Crippen LogP contribution in [0.1, 0.15) is 37.8 Å². The molecule has 3 unspecified atom stereocenters. The van der Waals surface area contributed by atoms with Gasteiger partial charge in [-0.2, -0.15) is 0 Å².